The van der Waals surface area contributed by atoms with Crippen molar-refractivity contribution in [2.75, 3.05) is 31.1 Å². The van der Waals surface area contributed by atoms with E-state index in [0.717, 1.165) is 37.3 Å². The molecule has 2 aliphatic heterocycles. The van der Waals surface area contributed by atoms with Crippen LogP contribution in [-0.2, 0) is 17.8 Å². The van der Waals surface area contributed by atoms with Crippen molar-refractivity contribution in [1.29, 1.82) is 0 Å². The lowest BCUT2D eigenvalue weighted by Gasteiger charge is -2.38. The Kier molecular flexibility index (Phi) is 6.93. The Morgan fingerprint density at radius 3 is 2.30 bits per heavy atom. The lowest BCUT2D eigenvalue weighted by Crippen LogP contribution is -2.48. The number of rotatable bonds is 8. The van der Waals surface area contributed by atoms with E-state index in [1.54, 1.807) is 24.3 Å². The average molecular weight is 449 g/mol. The summed E-state index contributed by atoms with van der Waals surface area (Å²) in [6.07, 6.45) is 0.563. The summed E-state index contributed by atoms with van der Waals surface area (Å²) in [6.45, 7) is 9.15. The quantitative estimate of drug-likeness (QED) is 0.576. The summed E-state index contributed by atoms with van der Waals surface area (Å²) in [5.74, 6) is 0.110. The van der Waals surface area contributed by atoms with Crippen molar-refractivity contribution in [2.45, 2.75) is 38.9 Å². The zero-order valence-corrected chi connectivity index (χ0v) is 19.2. The van der Waals surface area contributed by atoms with Crippen molar-refractivity contribution in [3.63, 3.8) is 0 Å². The van der Waals surface area contributed by atoms with Gasteiger partial charge in [-0.1, -0.05) is 24.3 Å². The van der Waals surface area contributed by atoms with Crippen LogP contribution in [0.15, 0.2) is 70.2 Å². The van der Waals surface area contributed by atoms with Gasteiger partial charge in [0.2, 0.25) is 0 Å². The number of nitrogens with two attached hydrogens (primary N) is 1. The lowest BCUT2D eigenvalue weighted by atomic mass is 9.99. The summed E-state index contributed by atoms with van der Waals surface area (Å²) in [5, 5.41) is 21.1. The maximum absolute atomic E-state index is 12.2. The monoisotopic (exact) mass is 448 g/mol. The van der Waals surface area contributed by atoms with Crippen LogP contribution in [0.5, 0.6) is 5.75 Å². The fourth-order valence-electron chi connectivity index (χ4n) is 4.31. The topological polar surface area (TPSA) is 107 Å². The molecule has 1 unspecified atom stereocenters. The molecule has 4 rings (SSSR count). The zero-order valence-electron chi connectivity index (χ0n) is 19.2. The molecule has 4 N–H and O–H groups in total. The second kappa shape index (κ2) is 10.0. The number of azo groups is 1. The molecule has 1 saturated heterocycles. The van der Waals surface area contributed by atoms with Gasteiger partial charge in [0.1, 0.15) is 11.8 Å². The summed E-state index contributed by atoms with van der Waals surface area (Å²) < 4.78 is 0. The van der Waals surface area contributed by atoms with Gasteiger partial charge in [-0.05, 0) is 49.2 Å². The summed E-state index contributed by atoms with van der Waals surface area (Å²) in [4.78, 5) is 17.1. The highest BCUT2D eigenvalue weighted by Gasteiger charge is 2.28. The van der Waals surface area contributed by atoms with Gasteiger partial charge < -0.3 is 21.1 Å². The number of nitrogens with one attached hydrogen (secondary N) is 1. The first-order valence-electron chi connectivity index (χ1n) is 11.4. The van der Waals surface area contributed by atoms with Crippen LogP contribution in [0.25, 0.3) is 0 Å². The van der Waals surface area contributed by atoms with Gasteiger partial charge in [-0.3, -0.25) is 9.69 Å². The molecule has 174 valence electrons. The maximum Gasteiger partial charge on any atom is 0.250 e. The standard InChI is InChI=1S/C25H32N6O2/c1-17(2)30-11-13-31(14-12-30)20-7-3-18(4-8-20)15-22-23(24(26)33)25(29-28-22)27-16-19-5-9-21(32)10-6-19/h3-10,17,22,27,32H,11-16H2,1-2H3,(H2,26,33). The molecule has 1 atom stereocenters. The predicted octanol–water partition coefficient (Wildman–Crippen LogP) is 2.79. The summed E-state index contributed by atoms with van der Waals surface area (Å²) in [5.41, 5.74) is 9.34. The Hall–Kier alpha value is -3.39. The van der Waals surface area contributed by atoms with E-state index >= 15 is 0 Å². The number of hydrogen-bond donors (Lipinski definition) is 3. The Balaban J connectivity index is 1.38. The number of hydrogen-bond acceptors (Lipinski definition) is 7. The third kappa shape index (κ3) is 5.51. The van der Waals surface area contributed by atoms with Crippen molar-refractivity contribution in [3.05, 3.63) is 71.1 Å². The van der Waals surface area contributed by atoms with Gasteiger partial charge in [0, 0.05) is 50.9 Å². The van der Waals surface area contributed by atoms with Crippen LogP contribution < -0.4 is 16.0 Å². The number of anilines is 1. The Morgan fingerprint density at radius 1 is 1.06 bits per heavy atom. The summed E-state index contributed by atoms with van der Waals surface area (Å²) in [6, 6.07) is 15.5. The van der Waals surface area contributed by atoms with Gasteiger partial charge in [-0.25, -0.2) is 0 Å². The molecule has 33 heavy (non-hydrogen) atoms. The highest BCUT2D eigenvalue weighted by molar-refractivity contribution is 5.94. The molecule has 8 nitrogen and oxygen atoms in total. The molecule has 2 aromatic rings. The van der Waals surface area contributed by atoms with Crippen LogP contribution in [-0.4, -0.2) is 54.2 Å². The highest BCUT2D eigenvalue weighted by atomic mass is 16.3. The number of nitrogens with zero attached hydrogens (tertiary/aromatic N) is 4. The fraction of sp³-hybridized carbons (Fsp3) is 0.400. The van der Waals surface area contributed by atoms with Crippen LogP contribution in [0.2, 0.25) is 0 Å². The van der Waals surface area contributed by atoms with Crippen molar-refractivity contribution in [2.24, 2.45) is 16.0 Å². The van der Waals surface area contributed by atoms with E-state index in [1.165, 1.54) is 5.69 Å². The second-order valence-electron chi connectivity index (χ2n) is 8.87. The van der Waals surface area contributed by atoms with E-state index in [0.29, 0.717) is 30.4 Å². The third-order valence-electron chi connectivity index (χ3n) is 6.32. The van der Waals surface area contributed by atoms with E-state index in [9.17, 15) is 9.90 Å². The van der Waals surface area contributed by atoms with Crippen LogP contribution in [0.4, 0.5) is 5.69 Å². The smallest absolute Gasteiger partial charge is 0.250 e. The van der Waals surface area contributed by atoms with Crippen LogP contribution >= 0.6 is 0 Å². The van der Waals surface area contributed by atoms with Gasteiger partial charge in [-0.2, -0.15) is 5.11 Å². The van der Waals surface area contributed by atoms with Crippen molar-refractivity contribution in [1.82, 2.24) is 10.2 Å². The number of aromatic hydroxyl groups is 1. The molecule has 1 fully saturated rings. The van der Waals surface area contributed by atoms with Crippen molar-refractivity contribution < 1.29 is 9.90 Å². The zero-order chi connectivity index (χ0) is 23.4. The number of carbonyl (C=O) groups excluding carboxylic acids is 1. The number of benzene rings is 2. The molecule has 0 spiro atoms. The third-order valence-corrected chi connectivity index (χ3v) is 6.32. The molecule has 0 radical (unpaired) electrons. The van der Waals surface area contributed by atoms with Gasteiger partial charge >= 0.3 is 0 Å². The lowest BCUT2D eigenvalue weighted by molar-refractivity contribution is -0.114. The first-order chi connectivity index (χ1) is 15.9. The minimum Gasteiger partial charge on any atom is -0.508 e. The van der Waals surface area contributed by atoms with Crippen LogP contribution in [0.3, 0.4) is 0 Å². The summed E-state index contributed by atoms with van der Waals surface area (Å²) in [7, 11) is 0. The Labute approximate surface area is 194 Å². The number of phenols is 1. The van der Waals surface area contributed by atoms with Crippen LogP contribution in [0, 0.1) is 0 Å². The SMILES string of the molecule is CC(C)N1CCN(c2ccc(CC3N=NC(NCc4ccc(O)cc4)=C3C(N)=O)cc2)CC1. The molecular formula is C25H32N6O2. The average Bonchev–Trinajstić information content (AvgIpc) is 3.22. The summed E-state index contributed by atoms with van der Waals surface area (Å²) >= 11 is 0. The van der Waals surface area contributed by atoms with Crippen molar-refractivity contribution >= 4 is 11.6 Å². The number of phenolic OH excluding ortho intramolecular Hbond substituents is 1. The maximum atomic E-state index is 12.2. The largest absolute Gasteiger partial charge is 0.508 e. The van der Waals surface area contributed by atoms with Gasteiger partial charge in [-0.15, -0.1) is 5.11 Å². The van der Waals surface area contributed by atoms with Crippen LogP contribution in [0.1, 0.15) is 25.0 Å². The number of carbonyl (C=O) groups is 1. The van der Waals surface area contributed by atoms with E-state index in [1.807, 2.05) is 0 Å². The molecule has 1 amide bonds. The van der Waals surface area contributed by atoms with Gasteiger partial charge in [0.05, 0.1) is 5.57 Å². The van der Waals surface area contributed by atoms with E-state index in [-0.39, 0.29) is 5.75 Å². The van der Waals surface area contributed by atoms with Gasteiger partial charge in [0.25, 0.3) is 5.91 Å². The minimum absolute atomic E-state index is 0.209. The van der Waals surface area contributed by atoms with Crippen molar-refractivity contribution in [3.8, 4) is 5.75 Å². The normalized spacial score (nSPS) is 18.9. The molecule has 2 heterocycles. The first-order valence-corrected chi connectivity index (χ1v) is 11.4. The van der Waals surface area contributed by atoms with E-state index in [4.69, 9.17) is 5.73 Å². The van der Waals surface area contributed by atoms with E-state index < -0.39 is 11.9 Å². The molecule has 0 aliphatic carbocycles. The number of primary amides is 1. The molecule has 0 bridgehead atoms. The molecule has 2 aromatic carbocycles. The second-order valence-corrected chi connectivity index (χ2v) is 8.87. The van der Waals surface area contributed by atoms with E-state index in [2.05, 4.69) is 63.5 Å². The predicted molar refractivity (Wildman–Crippen MR) is 129 cm³/mol. The fourth-order valence-corrected chi connectivity index (χ4v) is 4.31. The molecule has 2 aliphatic rings. The number of amides is 1. The minimum atomic E-state index is -0.516. The van der Waals surface area contributed by atoms with Gasteiger partial charge in [0.15, 0.2) is 5.82 Å². The molecule has 0 aromatic heterocycles. The first kappa shape index (κ1) is 22.8. The highest BCUT2D eigenvalue weighted by Crippen LogP contribution is 2.25. The Morgan fingerprint density at radius 2 is 1.70 bits per heavy atom. The number of piperazine rings is 1. The molecule has 0 saturated carbocycles. The Bertz CT molecular complexity index is 1020. The molecular weight excluding hydrogens is 416 g/mol. The molecule has 8 heteroatoms.